The van der Waals surface area contributed by atoms with Crippen molar-refractivity contribution in [2.45, 2.75) is 33.3 Å². The largest absolute Gasteiger partial charge is 0.487 e. The summed E-state index contributed by atoms with van der Waals surface area (Å²) in [4.78, 5) is 4.23. The molecule has 1 heterocycles. The molecule has 0 saturated heterocycles. The van der Waals surface area contributed by atoms with Gasteiger partial charge in [0, 0.05) is 12.2 Å². The third-order valence-corrected chi connectivity index (χ3v) is 3.54. The molecule has 112 valence electrons. The van der Waals surface area contributed by atoms with Crippen LogP contribution in [0, 0.1) is 6.92 Å². The first kappa shape index (κ1) is 15.5. The lowest BCUT2D eigenvalue weighted by Crippen LogP contribution is -2.19. The maximum absolute atomic E-state index is 5.74. The van der Waals surface area contributed by atoms with E-state index in [0.717, 1.165) is 24.5 Å². The average Bonchev–Trinajstić information content (AvgIpc) is 2.52. The van der Waals surface area contributed by atoms with E-state index in [4.69, 9.17) is 4.74 Å². The van der Waals surface area contributed by atoms with Crippen molar-refractivity contribution < 1.29 is 4.74 Å². The van der Waals surface area contributed by atoms with Crippen molar-refractivity contribution in [3.8, 4) is 5.75 Å². The summed E-state index contributed by atoms with van der Waals surface area (Å²) in [5, 5.41) is 3.38. The molecule has 1 N–H and O–H groups in total. The molecule has 0 spiro atoms. The van der Waals surface area contributed by atoms with Crippen LogP contribution in [0.3, 0.4) is 0 Å². The van der Waals surface area contributed by atoms with Gasteiger partial charge in [0.15, 0.2) is 0 Å². The van der Waals surface area contributed by atoms with Gasteiger partial charge in [0.2, 0.25) is 0 Å². The molecule has 1 aromatic heterocycles. The number of aryl methyl sites for hydroxylation is 1. The van der Waals surface area contributed by atoms with Crippen LogP contribution in [0.25, 0.3) is 0 Å². The van der Waals surface area contributed by atoms with Gasteiger partial charge in [0.25, 0.3) is 0 Å². The lowest BCUT2D eigenvalue weighted by atomic mass is 10.00. The maximum atomic E-state index is 5.74. The Kier molecular flexibility index (Phi) is 5.76. The molecule has 0 radical (unpaired) electrons. The van der Waals surface area contributed by atoms with Crippen molar-refractivity contribution in [2.75, 3.05) is 13.1 Å². The minimum Gasteiger partial charge on any atom is -0.487 e. The van der Waals surface area contributed by atoms with E-state index in [9.17, 15) is 0 Å². The minimum absolute atomic E-state index is 0.529. The zero-order chi connectivity index (χ0) is 15.1. The van der Waals surface area contributed by atoms with Crippen LogP contribution in [0.1, 0.15) is 36.6 Å². The van der Waals surface area contributed by atoms with E-state index >= 15 is 0 Å². The Balaban J connectivity index is 1.88. The molecule has 3 heteroatoms. The van der Waals surface area contributed by atoms with Crippen molar-refractivity contribution >= 4 is 0 Å². The zero-order valence-electron chi connectivity index (χ0n) is 13.1. The predicted octanol–water partition coefficient (Wildman–Crippen LogP) is 3.68. The molecule has 0 fully saturated rings. The highest BCUT2D eigenvalue weighted by Gasteiger charge is 2.04. The molecule has 1 aromatic carbocycles. The normalized spacial score (nSPS) is 12.1. The van der Waals surface area contributed by atoms with E-state index in [-0.39, 0.29) is 0 Å². The third-order valence-electron chi connectivity index (χ3n) is 3.54. The number of likely N-dealkylation sites (N-methyl/N-ethyl adjacent to an activating group) is 1. The van der Waals surface area contributed by atoms with E-state index in [1.165, 1.54) is 11.1 Å². The van der Waals surface area contributed by atoms with Crippen LogP contribution in [0.15, 0.2) is 42.6 Å². The zero-order valence-corrected chi connectivity index (χ0v) is 13.1. The van der Waals surface area contributed by atoms with Crippen LogP contribution in [0.4, 0.5) is 0 Å². The molecule has 0 aliphatic heterocycles. The van der Waals surface area contributed by atoms with Gasteiger partial charge in [-0.3, -0.25) is 4.98 Å². The second kappa shape index (κ2) is 7.79. The number of ether oxygens (including phenoxy) is 1. The van der Waals surface area contributed by atoms with E-state index in [2.05, 4.69) is 48.4 Å². The Morgan fingerprint density at radius 2 is 1.90 bits per heavy atom. The van der Waals surface area contributed by atoms with E-state index in [1.807, 2.05) is 19.1 Å². The van der Waals surface area contributed by atoms with Crippen LogP contribution < -0.4 is 10.1 Å². The van der Waals surface area contributed by atoms with Crippen LogP contribution in [0.2, 0.25) is 0 Å². The van der Waals surface area contributed by atoms with Crippen molar-refractivity contribution in [3.05, 3.63) is 59.4 Å². The predicted molar refractivity (Wildman–Crippen MR) is 86.7 cm³/mol. The standard InChI is InChI=1S/C18H24N2O/c1-4-19-11-14(2)17-8-6-16(7-9-17)13-21-18-10-5-15(3)20-12-18/h5-10,12,14,19H,4,11,13H2,1-3H3. The topological polar surface area (TPSA) is 34.1 Å². The molecule has 1 unspecified atom stereocenters. The second-order valence-electron chi connectivity index (χ2n) is 5.37. The number of aromatic nitrogens is 1. The molecular formula is C18H24N2O. The molecule has 0 aliphatic carbocycles. The number of rotatable bonds is 7. The first-order valence-corrected chi connectivity index (χ1v) is 7.54. The minimum atomic E-state index is 0.529. The lowest BCUT2D eigenvalue weighted by molar-refractivity contribution is 0.305. The number of nitrogens with zero attached hydrogens (tertiary/aromatic N) is 1. The molecule has 2 rings (SSSR count). The fourth-order valence-corrected chi connectivity index (χ4v) is 2.13. The van der Waals surface area contributed by atoms with Crippen molar-refractivity contribution in [1.29, 1.82) is 0 Å². The number of nitrogens with one attached hydrogen (secondary N) is 1. The highest BCUT2D eigenvalue weighted by atomic mass is 16.5. The van der Waals surface area contributed by atoms with E-state index < -0.39 is 0 Å². The number of benzene rings is 1. The van der Waals surface area contributed by atoms with Gasteiger partial charge in [0.05, 0.1) is 6.20 Å². The summed E-state index contributed by atoms with van der Waals surface area (Å²) in [6.07, 6.45) is 1.77. The summed E-state index contributed by atoms with van der Waals surface area (Å²) >= 11 is 0. The van der Waals surface area contributed by atoms with E-state index in [1.54, 1.807) is 6.20 Å². The van der Waals surface area contributed by atoms with Crippen molar-refractivity contribution in [2.24, 2.45) is 0 Å². The van der Waals surface area contributed by atoms with Crippen molar-refractivity contribution in [1.82, 2.24) is 10.3 Å². The number of hydrogen-bond donors (Lipinski definition) is 1. The van der Waals surface area contributed by atoms with Crippen LogP contribution in [-0.4, -0.2) is 18.1 Å². The molecular weight excluding hydrogens is 260 g/mol. The molecule has 21 heavy (non-hydrogen) atoms. The molecule has 0 saturated carbocycles. The van der Waals surface area contributed by atoms with Gasteiger partial charge in [-0.2, -0.15) is 0 Å². The van der Waals surface area contributed by atoms with Crippen LogP contribution in [-0.2, 0) is 6.61 Å². The van der Waals surface area contributed by atoms with E-state index in [0.29, 0.717) is 12.5 Å². The van der Waals surface area contributed by atoms with Gasteiger partial charge in [-0.25, -0.2) is 0 Å². The Bertz CT molecular complexity index is 534. The van der Waals surface area contributed by atoms with Crippen LogP contribution in [0.5, 0.6) is 5.75 Å². The summed E-state index contributed by atoms with van der Waals surface area (Å²) in [6.45, 7) is 8.95. The highest BCUT2D eigenvalue weighted by Crippen LogP contribution is 2.16. The Hall–Kier alpha value is -1.87. The molecule has 1 atom stereocenters. The molecule has 0 amide bonds. The maximum Gasteiger partial charge on any atom is 0.138 e. The summed E-state index contributed by atoms with van der Waals surface area (Å²) < 4.78 is 5.74. The smallest absolute Gasteiger partial charge is 0.138 e. The quantitative estimate of drug-likeness (QED) is 0.842. The number of pyridine rings is 1. The summed E-state index contributed by atoms with van der Waals surface area (Å²) in [7, 11) is 0. The van der Waals surface area contributed by atoms with Crippen molar-refractivity contribution in [3.63, 3.8) is 0 Å². The Morgan fingerprint density at radius 1 is 1.14 bits per heavy atom. The van der Waals surface area contributed by atoms with Gasteiger partial charge >= 0.3 is 0 Å². The molecule has 2 aromatic rings. The van der Waals surface area contributed by atoms with Gasteiger partial charge in [-0.1, -0.05) is 38.1 Å². The fraction of sp³-hybridized carbons (Fsp3) is 0.389. The molecule has 0 aliphatic rings. The summed E-state index contributed by atoms with van der Waals surface area (Å²) in [6, 6.07) is 12.6. The Morgan fingerprint density at radius 3 is 2.52 bits per heavy atom. The molecule has 3 nitrogen and oxygen atoms in total. The molecule has 0 bridgehead atoms. The monoisotopic (exact) mass is 284 g/mol. The Labute approximate surface area is 127 Å². The van der Waals surface area contributed by atoms with Gasteiger partial charge in [0.1, 0.15) is 12.4 Å². The first-order chi connectivity index (χ1) is 10.2. The van der Waals surface area contributed by atoms with Gasteiger partial charge < -0.3 is 10.1 Å². The first-order valence-electron chi connectivity index (χ1n) is 7.54. The summed E-state index contributed by atoms with van der Waals surface area (Å²) in [5.41, 5.74) is 3.54. The van der Waals surface area contributed by atoms with Crippen LogP contribution >= 0.6 is 0 Å². The SMILES string of the molecule is CCNCC(C)c1ccc(COc2ccc(C)nc2)cc1. The lowest BCUT2D eigenvalue weighted by Gasteiger charge is -2.13. The average molecular weight is 284 g/mol. The third kappa shape index (κ3) is 4.87. The highest BCUT2D eigenvalue weighted by molar-refractivity contribution is 5.26. The second-order valence-corrected chi connectivity index (χ2v) is 5.37. The summed E-state index contributed by atoms with van der Waals surface area (Å²) in [5.74, 6) is 1.34. The fourth-order valence-electron chi connectivity index (χ4n) is 2.13. The number of hydrogen-bond acceptors (Lipinski definition) is 3. The van der Waals surface area contributed by atoms with Gasteiger partial charge in [-0.05, 0) is 42.6 Å². The van der Waals surface area contributed by atoms with Gasteiger partial charge in [-0.15, -0.1) is 0 Å².